The number of carbonyl (C=O) groups is 3. The van der Waals surface area contributed by atoms with E-state index in [9.17, 15) is 14.4 Å². The summed E-state index contributed by atoms with van der Waals surface area (Å²) in [5, 5.41) is 12.2. The molecule has 1 unspecified atom stereocenters. The zero-order valence-electron chi connectivity index (χ0n) is 10.5. The Kier molecular flexibility index (Phi) is 2.78. The van der Waals surface area contributed by atoms with Gasteiger partial charge in [0.05, 0.1) is 5.56 Å². The van der Waals surface area contributed by atoms with Crippen molar-refractivity contribution in [3.63, 3.8) is 0 Å². The molecule has 1 aliphatic heterocycles. The van der Waals surface area contributed by atoms with Crippen LogP contribution in [0, 0.1) is 0 Å². The monoisotopic (exact) mass is 272 g/mol. The molecule has 2 heterocycles. The molecule has 0 bridgehead atoms. The lowest BCUT2D eigenvalue weighted by atomic mass is 10.1. The molecular weight excluding hydrogens is 260 g/mol. The summed E-state index contributed by atoms with van der Waals surface area (Å²) in [6, 6.07) is 6.13. The summed E-state index contributed by atoms with van der Waals surface area (Å²) < 4.78 is 1.73. The summed E-state index contributed by atoms with van der Waals surface area (Å²) >= 11 is 0. The smallest absolute Gasteiger partial charge is 0.335 e. The van der Waals surface area contributed by atoms with Crippen LogP contribution in [0.15, 0.2) is 30.5 Å². The van der Waals surface area contributed by atoms with Gasteiger partial charge in [-0.15, -0.1) is 0 Å². The van der Waals surface area contributed by atoms with Gasteiger partial charge in [0.2, 0.25) is 11.8 Å². The highest BCUT2D eigenvalue weighted by Gasteiger charge is 2.28. The number of imide groups is 1. The van der Waals surface area contributed by atoms with E-state index < -0.39 is 12.0 Å². The van der Waals surface area contributed by atoms with Gasteiger partial charge in [-0.3, -0.25) is 14.9 Å². The third-order valence-corrected chi connectivity index (χ3v) is 3.52. The van der Waals surface area contributed by atoms with Crippen LogP contribution in [0.3, 0.4) is 0 Å². The fraction of sp³-hybridized carbons (Fsp3) is 0.214. The number of hydrogen-bond acceptors (Lipinski definition) is 3. The number of fused-ring (bicyclic) bond motifs is 1. The second-order valence-electron chi connectivity index (χ2n) is 4.77. The number of nitrogens with zero attached hydrogens (tertiary/aromatic N) is 1. The van der Waals surface area contributed by atoms with E-state index in [1.165, 1.54) is 6.07 Å². The van der Waals surface area contributed by atoms with Crippen molar-refractivity contribution in [2.24, 2.45) is 0 Å². The zero-order valence-corrected chi connectivity index (χ0v) is 10.5. The third-order valence-electron chi connectivity index (χ3n) is 3.52. The maximum Gasteiger partial charge on any atom is 0.335 e. The van der Waals surface area contributed by atoms with Gasteiger partial charge in [-0.05, 0) is 30.0 Å². The maximum absolute atomic E-state index is 11.9. The van der Waals surface area contributed by atoms with E-state index in [-0.39, 0.29) is 23.8 Å². The van der Waals surface area contributed by atoms with Crippen LogP contribution in [-0.2, 0) is 9.59 Å². The van der Waals surface area contributed by atoms with Gasteiger partial charge in [0.25, 0.3) is 0 Å². The molecule has 2 N–H and O–H groups in total. The minimum atomic E-state index is -1.01. The Morgan fingerprint density at radius 2 is 2.10 bits per heavy atom. The summed E-state index contributed by atoms with van der Waals surface area (Å²) in [6.07, 6.45) is 2.46. The van der Waals surface area contributed by atoms with Gasteiger partial charge in [0, 0.05) is 18.1 Å². The first-order valence-corrected chi connectivity index (χ1v) is 6.24. The van der Waals surface area contributed by atoms with Crippen LogP contribution in [0.5, 0.6) is 0 Å². The quantitative estimate of drug-likeness (QED) is 0.807. The number of carboxylic acids is 1. The molecule has 3 rings (SSSR count). The van der Waals surface area contributed by atoms with Crippen LogP contribution < -0.4 is 5.32 Å². The summed E-state index contributed by atoms with van der Waals surface area (Å²) in [6.45, 7) is 0. The first-order chi connectivity index (χ1) is 9.56. The number of nitrogens with one attached hydrogen (secondary N) is 1. The van der Waals surface area contributed by atoms with E-state index >= 15 is 0 Å². The van der Waals surface area contributed by atoms with E-state index in [4.69, 9.17) is 5.11 Å². The van der Waals surface area contributed by atoms with Crippen molar-refractivity contribution in [3.8, 4) is 0 Å². The van der Waals surface area contributed by atoms with Crippen LogP contribution in [0.4, 0.5) is 0 Å². The lowest BCUT2D eigenvalue weighted by Crippen LogP contribution is -2.41. The van der Waals surface area contributed by atoms with Crippen molar-refractivity contribution in [2.75, 3.05) is 0 Å². The van der Waals surface area contributed by atoms with Crippen molar-refractivity contribution in [2.45, 2.75) is 18.9 Å². The second-order valence-corrected chi connectivity index (χ2v) is 4.77. The van der Waals surface area contributed by atoms with Crippen LogP contribution >= 0.6 is 0 Å². The Bertz CT molecular complexity index is 732. The van der Waals surface area contributed by atoms with Gasteiger partial charge in [0.1, 0.15) is 6.04 Å². The maximum atomic E-state index is 11.9. The molecule has 6 nitrogen and oxygen atoms in total. The van der Waals surface area contributed by atoms with E-state index in [1.54, 1.807) is 22.9 Å². The summed E-state index contributed by atoms with van der Waals surface area (Å²) in [5.41, 5.74) is 0.851. The Labute approximate surface area is 114 Å². The molecular formula is C14H12N2O4. The highest BCUT2D eigenvalue weighted by molar-refractivity contribution is 6.00. The number of aromatic carboxylic acids is 1. The number of amides is 2. The van der Waals surface area contributed by atoms with Gasteiger partial charge in [-0.25, -0.2) is 4.79 Å². The topological polar surface area (TPSA) is 88.4 Å². The van der Waals surface area contributed by atoms with Crippen molar-refractivity contribution in [1.29, 1.82) is 0 Å². The predicted molar refractivity (Wildman–Crippen MR) is 70.3 cm³/mol. The molecule has 2 amide bonds. The van der Waals surface area contributed by atoms with Crippen LogP contribution in [0.25, 0.3) is 10.9 Å². The molecule has 1 atom stereocenters. The van der Waals surface area contributed by atoms with Gasteiger partial charge in [-0.1, -0.05) is 6.07 Å². The van der Waals surface area contributed by atoms with Crippen molar-refractivity contribution >= 4 is 28.7 Å². The Hall–Kier alpha value is -2.63. The molecule has 0 saturated carbocycles. The number of rotatable bonds is 2. The predicted octanol–water partition coefficient (Wildman–Crippen LogP) is 1.32. The molecule has 102 valence electrons. The molecule has 1 aliphatic rings. The molecule has 0 aliphatic carbocycles. The Morgan fingerprint density at radius 1 is 1.30 bits per heavy atom. The van der Waals surface area contributed by atoms with E-state index in [0.717, 1.165) is 5.39 Å². The Balaban J connectivity index is 2.07. The number of hydrogen-bond donors (Lipinski definition) is 2. The molecule has 2 aromatic rings. The zero-order chi connectivity index (χ0) is 14.3. The Morgan fingerprint density at radius 3 is 2.80 bits per heavy atom. The molecule has 20 heavy (non-hydrogen) atoms. The molecule has 1 fully saturated rings. The summed E-state index contributed by atoms with van der Waals surface area (Å²) in [4.78, 5) is 34.1. The van der Waals surface area contributed by atoms with Gasteiger partial charge in [0.15, 0.2) is 0 Å². The normalized spacial score (nSPS) is 19.1. The fourth-order valence-corrected chi connectivity index (χ4v) is 2.50. The van der Waals surface area contributed by atoms with Gasteiger partial charge < -0.3 is 9.67 Å². The van der Waals surface area contributed by atoms with E-state index in [2.05, 4.69) is 5.32 Å². The standard InChI is InChI=1S/C14H12N2O4/c17-12-4-3-10(13(18)15-12)16-6-5-8-1-2-9(14(19)20)7-11(8)16/h1-2,5-7,10H,3-4H2,(H,19,20)(H,15,17,18). The minimum Gasteiger partial charge on any atom is -0.478 e. The van der Waals surface area contributed by atoms with Gasteiger partial charge in [-0.2, -0.15) is 0 Å². The average Bonchev–Trinajstić information content (AvgIpc) is 2.81. The first kappa shape index (κ1) is 12.4. The summed E-state index contributed by atoms with van der Waals surface area (Å²) in [5.74, 6) is -1.63. The molecule has 0 radical (unpaired) electrons. The third kappa shape index (κ3) is 1.95. The number of carboxylic acid groups (broad SMARTS) is 1. The molecule has 0 spiro atoms. The van der Waals surface area contributed by atoms with Crippen molar-refractivity contribution < 1.29 is 19.5 Å². The number of benzene rings is 1. The lowest BCUT2D eigenvalue weighted by Gasteiger charge is -2.23. The van der Waals surface area contributed by atoms with Crippen LogP contribution in [0.2, 0.25) is 0 Å². The highest BCUT2D eigenvalue weighted by atomic mass is 16.4. The molecule has 1 aromatic carbocycles. The second kappa shape index (κ2) is 4.48. The SMILES string of the molecule is O=C1CCC(n2ccc3ccc(C(=O)O)cc32)C(=O)N1. The van der Waals surface area contributed by atoms with Crippen LogP contribution in [0.1, 0.15) is 29.2 Å². The van der Waals surface area contributed by atoms with Crippen LogP contribution in [-0.4, -0.2) is 27.5 Å². The summed E-state index contributed by atoms with van der Waals surface area (Å²) in [7, 11) is 0. The largest absolute Gasteiger partial charge is 0.478 e. The molecule has 6 heteroatoms. The fourth-order valence-electron chi connectivity index (χ4n) is 2.50. The highest BCUT2D eigenvalue weighted by Crippen LogP contribution is 2.26. The van der Waals surface area contributed by atoms with E-state index in [1.807, 2.05) is 6.07 Å². The van der Waals surface area contributed by atoms with Gasteiger partial charge >= 0.3 is 5.97 Å². The number of aromatic nitrogens is 1. The lowest BCUT2D eigenvalue weighted by molar-refractivity contribution is -0.135. The van der Waals surface area contributed by atoms with Crippen molar-refractivity contribution in [3.05, 3.63) is 36.0 Å². The molecule has 1 saturated heterocycles. The first-order valence-electron chi connectivity index (χ1n) is 6.24. The van der Waals surface area contributed by atoms with E-state index in [0.29, 0.717) is 11.9 Å². The minimum absolute atomic E-state index is 0.171. The number of piperidine rings is 1. The molecule has 1 aromatic heterocycles. The van der Waals surface area contributed by atoms with Crippen molar-refractivity contribution in [1.82, 2.24) is 9.88 Å². The number of carbonyl (C=O) groups excluding carboxylic acids is 2. The average molecular weight is 272 g/mol.